The van der Waals surface area contributed by atoms with Crippen LogP contribution in [0.1, 0.15) is 0 Å². The second-order valence-corrected chi connectivity index (χ2v) is 16.0. The Hall–Kier alpha value is -8.61. The second kappa shape index (κ2) is 14.0. The summed E-state index contributed by atoms with van der Waals surface area (Å²) in [5.41, 5.74) is 13.1. The molecule has 0 fully saturated rings. The van der Waals surface area contributed by atoms with E-state index in [0.717, 1.165) is 82.8 Å². The number of nitrogens with zero attached hydrogens (tertiary/aromatic N) is 5. The minimum Gasteiger partial charge on any atom is -0.454 e. The highest BCUT2D eigenvalue weighted by atomic mass is 16.3. The lowest BCUT2D eigenvalue weighted by Crippen LogP contribution is -2.02. The van der Waals surface area contributed by atoms with Gasteiger partial charge in [-0.05, 0) is 65.7 Å². The van der Waals surface area contributed by atoms with Crippen LogP contribution in [-0.2, 0) is 0 Å². The summed E-state index contributed by atoms with van der Waals surface area (Å²) in [5.74, 6) is 1.84. The summed E-state index contributed by atoms with van der Waals surface area (Å²) in [7, 11) is 0. The Balaban J connectivity index is 1.10. The van der Waals surface area contributed by atoms with E-state index in [1.807, 2.05) is 60.7 Å². The van der Waals surface area contributed by atoms with E-state index in [4.69, 9.17) is 19.4 Å². The molecule has 0 saturated carbocycles. The van der Waals surface area contributed by atoms with Gasteiger partial charge in [0.1, 0.15) is 5.58 Å². The van der Waals surface area contributed by atoms with Gasteiger partial charge in [-0.2, -0.15) is 0 Å². The Bertz CT molecular complexity index is 3830. The number of rotatable bonds is 6. The molecule has 13 rings (SSSR count). The van der Waals surface area contributed by atoms with Crippen molar-refractivity contribution in [1.29, 1.82) is 0 Å². The van der Waals surface area contributed by atoms with Gasteiger partial charge >= 0.3 is 0 Å². The number of hydrogen-bond acceptors (Lipinski definition) is 4. The number of aromatic nitrogens is 5. The van der Waals surface area contributed by atoms with Gasteiger partial charge in [-0.3, -0.25) is 0 Å². The Morgan fingerprint density at radius 3 is 1.65 bits per heavy atom. The molecule has 6 nitrogen and oxygen atoms in total. The maximum Gasteiger partial charge on any atom is 0.166 e. The number of hydrogen-bond donors (Lipinski definition) is 0. The molecular weight excluding hydrogens is 771 g/mol. The molecule has 63 heavy (non-hydrogen) atoms. The maximum atomic E-state index is 7.07. The van der Waals surface area contributed by atoms with Crippen molar-refractivity contribution >= 4 is 65.6 Å². The quantitative estimate of drug-likeness (QED) is 0.168. The molecular formula is C57H35N5O. The predicted molar refractivity (Wildman–Crippen MR) is 258 cm³/mol. The molecule has 0 bridgehead atoms. The van der Waals surface area contributed by atoms with Crippen molar-refractivity contribution in [2.24, 2.45) is 0 Å². The van der Waals surface area contributed by atoms with Gasteiger partial charge in [-0.15, -0.1) is 0 Å². The van der Waals surface area contributed by atoms with Crippen molar-refractivity contribution in [3.63, 3.8) is 0 Å². The van der Waals surface area contributed by atoms with Gasteiger partial charge < -0.3 is 13.6 Å². The molecule has 4 aromatic heterocycles. The average molecular weight is 806 g/mol. The van der Waals surface area contributed by atoms with Crippen LogP contribution in [0.2, 0.25) is 0 Å². The van der Waals surface area contributed by atoms with Gasteiger partial charge in [0.05, 0.1) is 33.1 Å². The number of furan rings is 1. The minimum atomic E-state index is 0.602. The van der Waals surface area contributed by atoms with Crippen LogP contribution in [-0.4, -0.2) is 24.1 Å². The van der Waals surface area contributed by atoms with Crippen molar-refractivity contribution < 1.29 is 4.42 Å². The zero-order chi connectivity index (χ0) is 41.4. The zero-order valence-electron chi connectivity index (χ0n) is 33.9. The van der Waals surface area contributed by atoms with E-state index in [0.29, 0.717) is 17.5 Å². The molecule has 0 amide bonds. The number of para-hydroxylation sites is 4. The van der Waals surface area contributed by atoms with Gasteiger partial charge in [0.25, 0.3) is 0 Å². The fourth-order valence-corrected chi connectivity index (χ4v) is 9.58. The van der Waals surface area contributed by atoms with Crippen molar-refractivity contribution in [3.8, 4) is 56.7 Å². The SMILES string of the molecule is c1ccc(-c2ccc3c(c2)c2ccccc2n3-c2cccc3c2oc2ccc4c5cccc(-c6nc(-c7ccccc7)nc(-c7ccccc7)n6)c5n(-c5ccccc5)c4c23)cc1. The Labute approximate surface area is 361 Å². The summed E-state index contributed by atoms with van der Waals surface area (Å²) >= 11 is 0. The molecule has 13 aromatic rings. The molecule has 0 aliphatic heterocycles. The summed E-state index contributed by atoms with van der Waals surface area (Å²) in [6.07, 6.45) is 0. The fraction of sp³-hybridized carbons (Fsp3) is 0. The molecule has 0 saturated heterocycles. The molecule has 6 heteroatoms. The summed E-state index contributed by atoms with van der Waals surface area (Å²) in [6, 6.07) is 74.2. The first-order chi connectivity index (χ1) is 31.3. The van der Waals surface area contributed by atoms with Crippen molar-refractivity contribution in [2.75, 3.05) is 0 Å². The van der Waals surface area contributed by atoms with E-state index in [1.165, 1.54) is 21.9 Å². The smallest absolute Gasteiger partial charge is 0.166 e. The van der Waals surface area contributed by atoms with E-state index >= 15 is 0 Å². The van der Waals surface area contributed by atoms with Crippen LogP contribution in [0.5, 0.6) is 0 Å². The van der Waals surface area contributed by atoms with Crippen LogP contribution in [0.4, 0.5) is 0 Å². The Morgan fingerprint density at radius 1 is 0.349 bits per heavy atom. The van der Waals surface area contributed by atoms with E-state index < -0.39 is 0 Å². The van der Waals surface area contributed by atoms with Crippen LogP contribution < -0.4 is 0 Å². The molecule has 0 atom stereocenters. The highest BCUT2D eigenvalue weighted by Crippen LogP contribution is 2.45. The van der Waals surface area contributed by atoms with Gasteiger partial charge in [0.2, 0.25) is 0 Å². The summed E-state index contributed by atoms with van der Waals surface area (Å²) in [5, 5.41) is 6.69. The van der Waals surface area contributed by atoms with Crippen LogP contribution >= 0.6 is 0 Å². The van der Waals surface area contributed by atoms with Gasteiger partial charge in [0.15, 0.2) is 23.1 Å². The van der Waals surface area contributed by atoms with Gasteiger partial charge in [0, 0.05) is 49.3 Å². The van der Waals surface area contributed by atoms with E-state index in [-0.39, 0.29) is 0 Å². The summed E-state index contributed by atoms with van der Waals surface area (Å²) < 4.78 is 11.8. The third kappa shape index (κ3) is 5.48. The Kier molecular flexibility index (Phi) is 7.80. The summed E-state index contributed by atoms with van der Waals surface area (Å²) in [4.78, 5) is 15.4. The van der Waals surface area contributed by atoms with Crippen molar-refractivity contribution in [2.45, 2.75) is 0 Å². The summed E-state index contributed by atoms with van der Waals surface area (Å²) in [6.45, 7) is 0. The normalized spacial score (nSPS) is 11.8. The third-order valence-corrected chi connectivity index (χ3v) is 12.4. The van der Waals surface area contributed by atoms with Crippen LogP contribution in [0.15, 0.2) is 217 Å². The molecule has 0 aliphatic rings. The van der Waals surface area contributed by atoms with Crippen molar-refractivity contribution in [3.05, 3.63) is 212 Å². The first kappa shape index (κ1) is 35.2. The molecule has 0 N–H and O–H groups in total. The molecule has 9 aromatic carbocycles. The lowest BCUT2D eigenvalue weighted by Gasteiger charge is -2.13. The maximum absolute atomic E-state index is 7.07. The first-order valence-electron chi connectivity index (χ1n) is 21.2. The zero-order valence-corrected chi connectivity index (χ0v) is 33.9. The van der Waals surface area contributed by atoms with E-state index in [2.05, 4.69) is 161 Å². The predicted octanol–water partition coefficient (Wildman–Crippen LogP) is 14.6. The molecule has 0 unspecified atom stereocenters. The van der Waals surface area contributed by atoms with Crippen LogP contribution in [0.3, 0.4) is 0 Å². The van der Waals surface area contributed by atoms with E-state index in [9.17, 15) is 0 Å². The molecule has 0 spiro atoms. The third-order valence-electron chi connectivity index (χ3n) is 12.4. The highest BCUT2D eigenvalue weighted by Gasteiger charge is 2.25. The molecule has 0 radical (unpaired) electrons. The number of benzene rings is 9. The molecule has 4 heterocycles. The van der Waals surface area contributed by atoms with Gasteiger partial charge in [-0.25, -0.2) is 15.0 Å². The topological polar surface area (TPSA) is 61.7 Å². The lowest BCUT2D eigenvalue weighted by molar-refractivity contribution is 0.666. The monoisotopic (exact) mass is 805 g/mol. The van der Waals surface area contributed by atoms with Crippen LogP contribution in [0.25, 0.3) is 122 Å². The highest BCUT2D eigenvalue weighted by molar-refractivity contribution is 6.26. The van der Waals surface area contributed by atoms with E-state index in [1.54, 1.807) is 0 Å². The first-order valence-corrected chi connectivity index (χ1v) is 21.2. The largest absolute Gasteiger partial charge is 0.454 e. The van der Waals surface area contributed by atoms with Gasteiger partial charge in [-0.1, -0.05) is 158 Å². The second-order valence-electron chi connectivity index (χ2n) is 16.0. The lowest BCUT2D eigenvalue weighted by atomic mass is 10.0. The minimum absolute atomic E-state index is 0.602. The Morgan fingerprint density at radius 2 is 0.921 bits per heavy atom. The fourth-order valence-electron chi connectivity index (χ4n) is 9.58. The standard InChI is InChI=1S/C57H35N5O/c1-5-17-36(18-6-1)39-31-33-48-46(35-39)41-25-13-14-29-47(41)62(48)49-30-16-27-44-51-50(63-54(44)49)34-32-43-42-26-15-28-45(52(42)61(53(43)51)40-23-11-4-12-24-40)57-59-55(37-19-7-2-8-20-37)58-56(60-57)38-21-9-3-10-22-38/h1-35H. The van der Waals surface area contributed by atoms with Crippen molar-refractivity contribution in [1.82, 2.24) is 24.1 Å². The number of fused-ring (bicyclic) bond motifs is 10. The average Bonchev–Trinajstić information content (AvgIpc) is 4.02. The molecule has 0 aliphatic carbocycles. The molecule has 294 valence electrons. The van der Waals surface area contributed by atoms with Crippen LogP contribution in [0, 0.1) is 0 Å².